The van der Waals surface area contributed by atoms with Crippen LogP contribution < -0.4 is 5.32 Å². The van der Waals surface area contributed by atoms with Crippen molar-refractivity contribution in [1.29, 1.82) is 0 Å². The molecule has 1 amide bonds. The number of anilines is 1. The van der Waals surface area contributed by atoms with E-state index < -0.39 is 0 Å². The number of amides is 1. The van der Waals surface area contributed by atoms with E-state index in [0.717, 1.165) is 37.9 Å². The third kappa shape index (κ3) is 11.4. The normalized spacial score (nSPS) is 9.93. The van der Waals surface area contributed by atoms with Crippen molar-refractivity contribution in [3.8, 4) is 0 Å². The Morgan fingerprint density at radius 1 is 1.07 bits per heavy atom. The third-order valence-electron chi connectivity index (χ3n) is 3.70. The van der Waals surface area contributed by atoms with Gasteiger partial charge in [-0.15, -0.1) is 24.5 Å². The molecule has 0 saturated heterocycles. The molecule has 0 fully saturated rings. The molecule has 4 nitrogen and oxygen atoms in total. The Bertz CT molecular complexity index is 652. The molecule has 1 aromatic heterocycles. The Kier molecular flexibility index (Phi) is 13.0. The van der Waals surface area contributed by atoms with Crippen LogP contribution in [0.1, 0.15) is 45.5 Å². The average molecular weight is 407 g/mol. The molecule has 0 spiro atoms. The molecule has 0 aliphatic carbocycles. The van der Waals surface area contributed by atoms with Crippen LogP contribution in [0.2, 0.25) is 0 Å². The highest BCUT2D eigenvalue weighted by Gasteiger charge is 2.05. The van der Waals surface area contributed by atoms with Crippen LogP contribution >= 0.6 is 23.1 Å². The number of carbonyl (C=O) groups is 2. The molecule has 148 valence electrons. The number of thioether (sulfide) groups is 1. The van der Waals surface area contributed by atoms with Gasteiger partial charge in [0.05, 0.1) is 0 Å². The topological polar surface area (TPSA) is 59.1 Å². The van der Waals surface area contributed by atoms with Crippen LogP contribution in [-0.2, 0) is 16.0 Å². The molecule has 0 unspecified atom stereocenters. The molecule has 1 N–H and O–H groups in total. The van der Waals surface area contributed by atoms with Crippen LogP contribution in [0.5, 0.6) is 0 Å². The number of nitrogens with zero attached hydrogens (tertiary/aromatic N) is 1. The SMILES string of the molecule is C=C.O=C(CCCCCCSC(=O)CCc1ccccc1)Nc1nccs1.[HH]. The van der Waals surface area contributed by atoms with E-state index in [1.165, 1.54) is 28.7 Å². The lowest BCUT2D eigenvalue weighted by Gasteiger charge is -2.03. The Morgan fingerprint density at radius 3 is 2.52 bits per heavy atom. The molecule has 0 atom stereocenters. The van der Waals surface area contributed by atoms with E-state index in [-0.39, 0.29) is 12.4 Å². The number of hydrogen-bond acceptors (Lipinski definition) is 5. The number of rotatable bonds is 11. The molecule has 0 saturated carbocycles. The summed E-state index contributed by atoms with van der Waals surface area (Å²) in [6.07, 6.45) is 7.61. The van der Waals surface area contributed by atoms with Crippen LogP contribution in [0.4, 0.5) is 5.13 Å². The molecule has 27 heavy (non-hydrogen) atoms. The quantitative estimate of drug-likeness (QED) is 0.369. The van der Waals surface area contributed by atoms with E-state index in [1.54, 1.807) is 6.20 Å². The predicted octanol–water partition coefficient (Wildman–Crippen LogP) is 5.97. The van der Waals surface area contributed by atoms with Crippen LogP contribution in [0.15, 0.2) is 55.1 Å². The standard InChI is InChI=1S/C19H24N2O2S2.C2H4.H2/c22-17(21-19-20-13-15-25-19)10-6-1-2-7-14-24-18(23)12-11-16-8-4-3-5-9-16;1-2;/h3-5,8-9,13,15H,1-2,6-7,10-12,14H2,(H,20,21,22);1-2H2;1H. The minimum atomic E-state index is 0. The highest BCUT2D eigenvalue weighted by molar-refractivity contribution is 8.13. The van der Waals surface area contributed by atoms with Gasteiger partial charge in [0.15, 0.2) is 10.2 Å². The molecule has 2 rings (SSSR count). The van der Waals surface area contributed by atoms with Gasteiger partial charge in [0, 0.05) is 31.6 Å². The van der Waals surface area contributed by atoms with Gasteiger partial charge in [0.1, 0.15) is 0 Å². The lowest BCUT2D eigenvalue weighted by atomic mass is 10.1. The first-order valence-electron chi connectivity index (χ1n) is 9.13. The summed E-state index contributed by atoms with van der Waals surface area (Å²) in [6, 6.07) is 10.1. The summed E-state index contributed by atoms with van der Waals surface area (Å²) in [7, 11) is 0. The van der Waals surface area contributed by atoms with Gasteiger partial charge in [-0.1, -0.05) is 54.9 Å². The lowest BCUT2D eigenvalue weighted by molar-refractivity contribution is -0.116. The first kappa shape index (κ1) is 23.1. The number of hydrogen-bond donors (Lipinski definition) is 1. The fourth-order valence-corrected chi connectivity index (χ4v) is 3.72. The maximum atomic E-state index is 11.9. The van der Waals surface area contributed by atoms with E-state index >= 15 is 0 Å². The van der Waals surface area contributed by atoms with Crippen molar-refractivity contribution >= 4 is 39.3 Å². The fourth-order valence-electron chi connectivity index (χ4n) is 2.36. The number of thiazole rings is 1. The number of nitrogens with one attached hydrogen (secondary N) is 1. The van der Waals surface area contributed by atoms with Crippen LogP contribution in [0.3, 0.4) is 0 Å². The van der Waals surface area contributed by atoms with Crippen molar-refractivity contribution in [2.75, 3.05) is 11.1 Å². The van der Waals surface area contributed by atoms with E-state index in [0.29, 0.717) is 18.0 Å². The number of carbonyl (C=O) groups excluding carboxylic acids is 2. The monoisotopic (exact) mass is 406 g/mol. The Hall–Kier alpha value is -1.92. The molecule has 1 heterocycles. The number of unbranched alkanes of at least 4 members (excludes halogenated alkanes) is 3. The Morgan fingerprint density at radius 2 is 1.81 bits per heavy atom. The van der Waals surface area contributed by atoms with Crippen LogP contribution in [-0.4, -0.2) is 21.8 Å². The molecule has 1 aromatic carbocycles. The largest absolute Gasteiger partial charge is 0.302 e. The number of aryl methyl sites for hydroxylation is 1. The zero-order valence-electron chi connectivity index (χ0n) is 15.7. The van der Waals surface area contributed by atoms with Gasteiger partial charge in [0.2, 0.25) is 5.91 Å². The first-order chi connectivity index (χ1) is 13.2. The second-order valence-corrected chi connectivity index (χ2v) is 7.80. The molecular formula is C21H30N2O2S2. The van der Waals surface area contributed by atoms with Gasteiger partial charge in [-0.05, 0) is 24.8 Å². The van der Waals surface area contributed by atoms with E-state index in [9.17, 15) is 9.59 Å². The number of benzene rings is 1. The van der Waals surface area contributed by atoms with Crippen molar-refractivity contribution in [2.24, 2.45) is 0 Å². The molecule has 0 aliphatic rings. The smallest absolute Gasteiger partial charge is 0.226 e. The van der Waals surface area contributed by atoms with Crippen LogP contribution in [0.25, 0.3) is 0 Å². The van der Waals surface area contributed by atoms with Gasteiger partial charge in [-0.25, -0.2) is 4.98 Å². The maximum Gasteiger partial charge on any atom is 0.226 e. The summed E-state index contributed by atoms with van der Waals surface area (Å²) < 4.78 is 0. The average Bonchev–Trinajstić information content (AvgIpc) is 3.21. The molecule has 0 aliphatic heterocycles. The first-order valence-corrected chi connectivity index (χ1v) is 11.0. The van der Waals surface area contributed by atoms with Crippen molar-refractivity contribution in [2.45, 2.75) is 44.9 Å². The molecule has 0 bridgehead atoms. The Balaban J connectivity index is 0.00000235. The lowest BCUT2D eigenvalue weighted by Crippen LogP contribution is -2.10. The molecule has 0 radical (unpaired) electrons. The summed E-state index contributed by atoms with van der Waals surface area (Å²) in [5, 5.41) is 5.56. The second-order valence-electron chi connectivity index (χ2n) is 5.76. The van der Waals surface area contributed by atoms with E-state index in [4.69, 9.17) is 0 Å². The van der Waals surface area contributed by atoms with Gasteiger partial charge >= 0.3 is 0 Å². The highest BCUT2D eigenvalue weighted by atomic mass is 32.2. The van der Waals surface area contributed by atoms with Crippen molar-refractivity contribution < 1.29 is 11.0 Å². The number of aromatic nitrogens is 1. The van der Waals surface area contributed by atoms with Gasteiger partial charge in [0.25, 0.3) is 0 Å². The summed E-state index contributed by atoms with van der Waals surface area (Å²) in [5.74, 6) is 0.902. The summed E-state index contributed by atoms with van der Waals surface area (Å²) in [4.78, 5) is 27.6. The molecule has 2 aromatic rings. The predicted molar refractivity (Wildman–Crippen MR) is 119 cm³/mol. The zero-order valence-corrected chi connectivity index (χ0v) is 17.3. The van der Waals surface area contributed by atoms with Crippen molar-refractivity contribution in [1.82, 2.24) is 4.98 Å². The van der Waals surface area contributed by atoms with E-state index in [2.05, 4.69) is 35.6 Å². The minimum absolute atomic E-state index is 0. The third-order valence-corrected chi connectivity index (χ3v) is 5.41. The summed E-state index contributed by atoms with van der Waals surface area (Å²) >= 11 is 2.87. The highest BCUT2D eigenvalue weighted by Crippen LogP contribution is 2.14. The Labute approximate surface area is 172 Å². The van der Waals surface area contributed by atoms with Crippen LogP contribution in [0, 0.1) is 0 Å². The van der Waals surface area contributed by atoms with Gasteiger partial charge in [-0.3, -0.25) is 9.59 Å². The summed E-state index contributed by atoms with van der Waals surface area (Å²) in [5.41, 5.74) is 1.22. The molecule has 6 heteroatoms. The maximum absolute atomic E-state index is 11.9. The van der Waals surface area contributed by atoms with Gasteiger partial charge < -0.3 is 5.32 Å². The van der Waals surface area contributed by atoms with E-state index in [1.807, 2.05) is 23.6 Å². The fraction of sp³-hybridized carbons (Fsp3) is 0.381. The van der Waals surface area contributed by atoms with Crippen molar-refractivity contribution in [3.05, 3.63) is 60.6 Å². The summed E-state index contributed by atoms with van der Waals surface area (Å²) in [6.45, 7) is 6.00. The minimum Gasteiger partial charge on any atom is -0.302 e. The second kappa shape index (κ2) is 15.2. The molecular weight excluding hydrogens is 376 g/mol. The van der Waals surface area contributed by atoms with Crippen molar-refractivity contribution in [3.63, 3.8) is 0 Å². The zero-order chi connectivity index (χ0) is 19.7. The van der Waals surface area contributed by atoms with Gasteiger partial charge in [-0.2, -0.15) is 0 Å².